The average Bonchev–Trinajstić information content (AvgIpc) is 3.72. The molecule has 5 rings (SSSR count). The van der Waals surface area contributed by atoms with Gasteiger partial charge in [-0.1, -0.05) is 35.3 Å². The number of ether oxygens (including phenoxy) is 3. The summed E-state index contributed by atoms with van der Waals surface area (Å²) < 4.78 is 46.4. The van der Waals surface area contributed by atoms with Crippen molar-refractivity contribution in [2.24, 2.45) is 5.92 Å². The first-order valence-electron chi connectivity index (χ1n) is 14.7. The number of rotatable bonds is 12. The lowest BCUT2D eigenvalue weighted by Gasteiger charge is -2.26. The molecule has 1 aliphatic carbocycles. The SMILES string of the molecule is COc1ccc(C(Cc2c(Cl)c[nH+]cc2Cl)OC(=O)[C@@H]2CCCN2S(=O)(=O)c2cccc(C(=O)N(C)C)c2)cc1OCC1CC1.[OH-]. The minimum absolute atomic E-state index is 0. The maximum absolute atomic E-state index is 13.9. The van der Waals surface area contributed by atoms with Crippen LogP contribution in [0.4, 0.5) is 0 Å². The van der Waals surface area contributed by atoms with Crippen LogP contribution in [0.5, 0.6) is 11.5 Å². The fourth-order valence-corrected chi connectivity index (χ4v) is 7.47. The molecule has 46 heavy (non-hydrogen) atoms. The maximum atomic E-state index is 13.9. The van der Waals surface area contributed by atoms with Gasteiger partial charge in [0.05, 0.1) is 18.6 Å². The van der Waals surface area contributed by atoms with Crippen LogP contribution in [-0.4, -0.2) is 75.4 Å². The summed E-state index contributed by atoms with van der Waals surface area (Å²) >= 11 is 13.0. The Kier molecular flexibility index (Phi) is 11.5. The Bertz CT molecular complexity index is 1660. The summed E-state index contributed by atoms with van der Waals surface area (Å²) in [4.78, 5) is 30.5. The maximum Gasteiger partial charge on any atom is 0.325 e. The Hall–Kier alpha value is -3.42. The second-order valence-electron chi connectivity index (χ2n) is 11.4. The lowest BCUT2D eigenvalue weighted by Crippen LogP contribution is -2.42. The number of hydrogen-bond acceptors (Lipinski definition) is 8. The Balaban J connectivity index is 0.00000480. The summed E-state index contributed by atoms with van der Waals surface area (Å²) in [6, 6.07) is 10.0. The minimum atomic E-state index is -4.13. The number of carbonyl (C=O) groups is 2. The van der Waals surface area contributed by atoms with Gasteiger partial charge in [-0.2, -0.15) is 4.31 Å². The summed E-state index contributed by atoms with van der Waals surface area (Å²) in [5.41, 5.74) is 1.40. The number of amides is 1. The van der Waals surface area contributed by atoms with Gasteiger partial charge in [0.25, 0.3) is 5.91 Å². The molecule has 0 bridgehead atoms. The standard InChI is InChI=1S/C32H35Cl2N3O7S.H2O/c1-36(2)31(38)22-6-4-7-23(14-22)45(40,41)37-13-5-8-27(37)32(39)44-29(16-24-25(33)17-35-18-26(24)34)21-11-12-28(42-3)30(15-21)43-19-20-9-10-20;/h4,6-7,11-12,14-15,17-18,20,27,29H,5,8-10,13,16,19H2,1-3H3;1H2/t27-,29?;/m0./s1. The molecule has 3 aromatic rings. The third-order valence-corrected chi connectivity index (χ3v) is 10.5. The van der Waals surface area contributed by atoms with E-state index in [1.807, 2.05) is 0 Å². The van der Waals surface area contributed by atoms with Gasteiger partial charge in [-0.05, 0) is 67.5 Å². The predicted octanol–water partition coefficient (Wildman–Crippen LogP) is 4.81. The van der Waals surface area contributed by atoms with Crippen LogP contribution in [0.2, 0.25) is 10.0 Å². The smallest absolute Gasteiger partial charge is 0.325 e. The van der Waals surface area contributed by atoms with Crippen LogP contribution in [0, 0.1) is 5.92 Å². The Morgan fingerprint density at radius 1 is 1.04 bits per heavy atom. The van der Waals surface area contributed by atoms with Crippen molar-refractivity contribution in [3.8, 4) is 11.5 Å². The number of carbonyl (C=O) groups excluding carboxylic acids is 2. The van der Waals surface area contributed by atoms with Crippen molar-refractivity contribution in [3.05, 3.63) is 81.6 Å². The van der Waals surface area contributed by atoms with E-state index in [4.69, 9.17) is 37.4 Å². The van der Waals surface area contributed by atoms with Gasteiger partial charge in [0.1, 0.15) is 22.2 Å². The van der Waals surface area contributed by atoms with Crippen molar-refractivity contribution >= 4 is 45.1 Å². The van der Waals surface area contributed by atoms with E-state index >= 15 is 0 Å². The number of methoxy groups -OCH3 is 1. The van der Waals surface area contributed by atoms with Crippen LogP contribution in [0.15, 0.2) is 59.8 Å². The second kappa shape index (κ2) is 15.0. The third kappa shape index (κ3) is 7.92. The molecule has 14 heteroatoms. The van der Waals surface area contributed by atoms with Crippen LogP contribution in [0.1, 0.15) is 53.3 Å². The predicted molar refractivity (Wildman–Crippen MR) is 170 cm³/mol. The summed E-state index contributed by atoms with van der Waals surface area (Å²) in [6.07, 6.45) is 5.38. The normalized spacial score (nSPS) is 17.1. The van der Waals surface area contributed by atoms with Gasteiger partial charge in [0, 0.05) is 38.2 Å². The average molecular weight is 695 g/mol. The molecule has 1 unspecified atom stereocenters. The summed E-state index contributed by atoms with van der Waals surface area (Å²) in [5.74, 6) is 0.523. The van der Waals surface area contributed by atoms with E-state index in [2.05, 4.69) is 4.98 Å². The number of pyridine rings is 1. The third-order valence-electron chi connectivity index (χ3n) is 7.95. The highest BCUT2D eigenvalue weighted by Gasteiger charge is 2.41. The molecule has 0 radical (unpaired) electrons. The summed E-state index contributed by atoms with van der Waals surface area (Å²) in [5, 5.41) is 0.721. The highest BCUT2D eigenvalue weighted by atomic mass is 35.5. The van der Waals surface area contributed by atoms with E-state index in [9.17, 15) is 18.0 Å². The largest absolute Gasteiger partial charge is 0.870 e. The fourth-order valence-electron chi connectivity index (χ4n) is 5.25. The molecule has 2 heterocycles. The van der Waals surface area contributed by atoms with Gasteiger partial charge in [-0.25, -0.2) is 13.4 Å². The summed E-state index contributed by atoms with van der Waals surface area (Å²) in [6.45, 7) is 0.680. The molecule has 11 nitrogen and oxygen atoms in total. The molecule has 1 saturated carbocycles. The highest BCUT2D eigenvalue weighted by molar-refractivity contribution is 7.89. The molecule has 2 N–H and O–H groups in total. The number of halogens is 2. The zero-order valence-corrected chi connectivity index (χ0v) is 28.1. The first-order chi connectivity index (χ1) is 21.5. The van der Waals surface area contributed by atoms with Gasteiger partial charge in [0.15, 0.2) is 23.9 Å². The number of hydrogen-bond donors (Lipinski definition) is 0. The van der Waals surface area contributed by atoms with Crippen molar-refractivity contribution < 1.29 is 42.7 Å². The Labute approximate surface area is 278 Å². The molecule has 1 aliphatic heterocycles. The number of H-pyrrole nitrogens is 1. The molecule has 1 aromatic heterocycles. The highest BCUT2D eigenvalue weighted by Crippen LogP contribution is 2.38. The number of esters is 1. The van der Waals surface area contributed by atoms with E-state index in [0.717, 1.165) is 17.1 Å². The molecular weight excluding hydrogens is 657 g/mol. The van der Waals surface area contributed by atoms with Crippen molar-refractivity contribution in [2.45, 2.75) is 49.1 Å². The lowest BCUT2D eigenvalue weighted by atomic mass is 10.0. The second-order valence-corrected chi connectivity index (χ2v) is 14.1. The number of nitrogens with one attached hydrogen (secondary N) is 1. The Morgan fingerprint density at radius 2 is 1.76 bits per heavy atom. The van der Waals surface area contributed by atoms with Gasteiger partial charge in [-0.15, -0.1) is 0 Å². The van der Waals surface area contributed by atoms with Crippen LogP contribution in [0.25, 0.3) is 0 Å². The number of benzene rings is 2. The Morgan fingerprint density at radius 3 is 2.41 bits per heavy atom. The number of aromatic amines is 1. The molecule has 2 aromatic carbocycles. The zero-order valence-electron chi connectivity index (χ0n) is 25.7. The van der Waals surface area contributed by atoms with E-state index in [-0.39, 0.29) is 41.2 Å². The summed E-state index contributed by atoms with van der Waals surface area (Å²) in [7, 11) is 0.597. The van der Waals surface area contributed by atoms with Gasteiger partial charge >= 0.3 is 5.97 Å². The van der Waals surface area contributed by atoms with Crippen molar-refractivity contribution in [2.75, 3.05) is 34.4 Å². The number of nitrogens with zero attached hydrogens (tertiary/aromatic N) is 2. The molecule has 1 saturated heterocycles. The molecule has 1 amide bonds. The quantitative estimate of drug-likeness (QED) is 0.246. The van der Waals surface area contributed by atoms with E-state index in [0.29, 0.717) is 51.6 Å². The van der Waals surface area contributed by atoms with Crippen molar-refractivity contribution in [3.63, 3.8) is 0 Å². The molecular formula is C32H37Cl2N3O8S. The first-order valence-corrected chi connectivity index (χ1v) is 16.9. The van der Waals surface area contributed by atoms with Gasteiger partial charge < -0.3 is 24.6 Å². The van der Waals surface area contributed by atoms with Crippen LogP contribution in [-0.2, 0) is 26.0 Å². The van der Waals surface area contributed by atoms with Gasteiger partial charge in [-0.3, -0.25) is 9.59 Å². The minimum Gasteiger partial charge on any atom is -0.870 e. The molecule has 2 aliphatic rings. The van der Waals surface area contributed by atoms with E-state index in [1.54, 1.807) is 57.9 Å². The number of aromatic nitrogens is 1. The van der Waals surface area contributed by atoms with Crippen LogP contribution >= 0.6 is 23.2 Å². The molecule has 0 spiro atoms. The van der Waals surface area contributed by atoms with Crippen LogP contribution in [0.3, 0.4) is 0 Å². The van der Waals surface area contributed by atoms with E-state index < -0.39 is 28.1 Å². The molecule has 248 valence electrons. The lowest BCUT2D eigenvalue weighted by molar-refractivity contribution is -0.377. The fraction of sp³-hybridized carbons (Fsp3) is 0.406. The zero-order chi connectivity index (χ0) is 32.3. The van der Waals surface area contributed by atoms with Crippen molar-refractivity contribution in [1.29, 1.82) is 0 Å². The van der Waals surface area contributed by atoms with Crippen molar-refractivity contribution in [1.82, 2.24) is 9.21 Å². The first kappa shape index (κ1) is 35.4. The van der Waals surface area contributed by atoms with E-state index in [1.165, 1.54) is 23.1 Å². The van der Waals surface area contributed by atoms with Crippen LogP contribution < -0.4 is 14.5 Å². The molecule has 2 atom stereocenters. The number of sulfonamides is 1. The topological polar surface area (TPSA) is 147 Å². The van der Waals surface area contributed by atoms with Gasteiger partial charge in [0.2, 0.25) is 10.0 Å². The monoisotopic (exact) mass is 693 g/mol. The molecule has 2 fully saturated rings.